The molecule has 0 fully saturated rings. The van der Waals surface area contributed by atoms with Crippen LogP contribution in [0.3, 0.4) is 0 Å². The number of carbonyl (C=O) groups is 1. The highest BCUT2D eigenvalue weighted by atomic mass is 16.5. The molecule has 0 saturated carbocycles. The summed E-state index contributed by atoms with van der Waals surface area (Å²) in [7, 11) is 1.57. The Morgan fingerprint density at radius 1 is 1.38 bits per heavy atom. The maximum Gasteiger partial charge on any atom is 0.341 e. The molecule has 1 aromatic heterocycles. The minimum atomic E-state index is -1.13. The predicted molar refractivity (Wildman–Crippen MR) is 77.7 cm³/mol. The lowest BCUT2D eigenvalue weighted by Gasteiger charge is -2.11. The van der Waals surface area contributed by atoms with Gasteiger partial charge in [0.1, 0.15) is 23.7 Å². The third kappa shape index (κ3) is 3.42. The second-order valence-electron chi connectivity index (χ2n) is 4.45. The fourth-order valence-electron chi connectivity index (χ4n) is 1.94. The van der Waals surface area contributed by atoms with E-state index in [9.17, 15) is 9.90 Å². The first-order chi connectivity index (χ1) is 10.0. The highest BCUT2D eigenvalue weighted by molar-refractivity contribution is 5.96. The normalized spacial score (nSPS) is 10.2. The van der Waals surface area contributed by atoms with Crippen LogP contribution < -0.4 is 15.2 Å². The molecule has 2 rings (SSSR count). The number of methoxy groups -OCH3 is 1. The summed E-state index contributed by atoms with van der Waals surface area (Å²) in [4.78, 5) is 15.5. The van der Waals surface area contributed by atoms with Crippen LogP contribution in [0.15, 0.2) is 30.3 Å². The third-order valence-corrected chi connectivity index (χ3v) is 2.86. The van der Waals surface area contributed by atoms with Crippen LogP contribution in [-0.4, -0.2) is 23.2 Å². The molecule has 0 unspecified atom stereocenters. The Morgan fingerprint density at radius 3 is 2.81 bits per heavy atom. The zero-order chi connectivity index (χ0) is 15.4. The molecule has 6 nitrogen and oxygen atoms in total. The standard InChI is InChI=1S/C15H16N2O4/c1-9-6-11(20-2)7-10(17-9)8-21-13-5-3-4-12(16)14(13)15(18)19/h3-7H,8,16H2,1-2H3,(H,18,19). The number of ether oxygens (including phenoxy) is 2. The van der Waals surface area contributed by atoms with Crippen molar-refractivity contribution in [2.45, 2.75) is 13.5 Å². The Hall–Kier alpha value is -2.76. The fraction of sp³-hybridized carbons (Fsp3) is 0.200. The Labute approximate surface area is 122 Å². The number of carboxylic acids is 1. The minimum absolute atomic E-state index is 0.0443. The summed E-state index contributed by atoms with van der Waals surface area (Å²) in [6.07, 6.45) is 0. The lowest BCUT2D eigenvalue weighted by molar-refractivity contribution is 0.0693. The van der Waals surface area contributed by atoms with E-state index < -0.39 is 5.97 Å². The van der Waals surface area contributed by atoms with E-state index in [0.717, 1.165) is 5.69 Å². The van der Waals surface area contributed by atoms with Gasteiger partial charge in [-0.2, -0.15) is 0 Å². The van der Waals surface area contributed by atoms with E-state index in [-0.39, 0.29) is 23.6 Å². The summed E-state index contributed by atoms with van der Waals surface area (Å²) in [5, 5.41) is 9.17. The van der Waals surface area contributed by atoms with Gasteiger partial charge in [0.25, 0.3) is 0 Å². The smallest absolute Gasteiger partial charge is 0.341 e. The van der Waals surface area contributed by atoms with Gasteiger partial charge in [0, 0.05) is 23.5 Å². The molecule has 0 aliphatic rings. The van der Waals surface area contributed by atoms with Gasteiger partial charge in [-0.25, -0.2) is 4.79 Å². The van der Waals surface area contributed by atoms with E-state index in [4.69, 9.17) is 15.2 Å². The molecular weight excluding hydrogens is 272 g/mol. The van der Waals surface area contributed by atoms with E-state index in [2.05, 4.69) is 4.98 Å². The molecular formula is C15H16N2O4. The van der Waals surface area contributed by atoms with Crippen molar-refractivity contribution in [3.63, 3.8) is 0 Å². The van der Waals surface area contributed by atoms with Crippen LogP contribution in [0.1, 0.15) is 21.7 Å². The molecule has 0 aliphatic carbocycles. The average Bonchev–Trinajstić information content (AvgIpc) is 2.44. The molecule has 1 heterocycles. The van der Waals surface area contributed by atoms with Gasteiger partial charge in [-0.1, -0.05) is 6.07 Å². The largest absolute Gasteiger partial charge is 0.497 e. The van der Waals surface area contributed by atoms with E-state index in [0.29, 0.717) is 11.4 Å². The quantitative estimate of drug-likeness (QED) is 0.819. The molecule has 21 heavy (non-hydrogen) atoms. The number of aromatic nitrogens is 1. The maximum absolute atomic E-state index is 11.2. The monoisotopic (exact) mass is 288 g/mol. The van der Waals surface area contributed by atoms with E-state index in [1.807, 2.05) is 6.92 Å². The van der Waals surface area contributed by atoms with Crippen LogP contribution in [0.25, 0.3) is 0 Å². The Bertz CT molecular complexity index is 671. The number of nitrogens with two attached hydrogens (primary N) is 1. The van der Waals surface area contributed by atoms with Crippen LogP contribution in [0.5, 0.6) is 11.5 Å². The molecule has 110 valence electrons. The third-order valence-electron chi connectivity index (χ3n) is 2.86. The minimum Gasteiger partial charge on any atom is -0.497 e. The maximum atomic E-state index is 11.2. The number of nitrogens with zero attached hydrogens (tertiary/aromatic N) is 1. The highest BCUT2D eigenvalue weighted by Gasteiger charge is 2.15. The summed E-state index contributed by atoms with van der Waals surface area (Å²) < 4.78 is 10.7. The first kappa shape index (κ1) is 14.6. The first-order valence-corrected chi connectivity index (χ1v) is 6.27. The molecule has 0 saturated heterocycles. The second-order valence-corrected chi connectivity index (χ2v) is 4.45. The topological polar surface area (TPSA) is 94.7 Å². The van der Waals surface area contributed by atoms with Gasteiger partial charge < -0.3 is 20.3 Å². The van der Waals surface area contributed by atoms with Crippen LogP contribution in [0.2, 0.25) is 0 Å². The molecule has 0 bridgehead atoms. The van der Waals surface area contributed by atoms with Crippen molar-refractivity contribution in [2.75, 3.05) is 12.8 Å². The number of aromatic carboxylic acids is 1. The number of carboxylic acid groups (broad SMARTS) is 1. The number of aryl methyl sites for hydroxylation is 1. The average molecular weight is 288 g/mol. The summed E-state index contributed by atoms with van der Waals surface area (Å²) in [6.45, 7) is 1.97. The summed E-state index contributed by atoms with van der Waals surface area (Å²) in [5.41, 5.74) is 7.22. The molecule has 0 atom stereocenters. The van der Waals surface area contributed by atoms with Gasteiger partial charge in [0.15, 0.2) is 0 Å². The number of nitrogen functional groups attached to an aromatic ring is 1. The predicted octanol–water partition coefficient (Wildman–Crippen LogP) is 2.26. The van der Waals surface area contributed by atoms with Gasteiger partial charge >= 0.3 is 5.97 Å². The van der Waals surface area contributed by atoms with Crippen molar-refractivity contribution in [2.24, 2.45) is 0 Å². The second kappa shape index (κ2) is 6.13. The summed E-state index contributed by atoms with van der Waals surface area (Å²) in [6, 6.07) is 8.25. The molecule has 0 amide bonds. The number of benzene rings is 1. The van der Waals surface area contributed by atoms with E-state index >= 15 is 0 Å². The van der Waals surface area contributed by atoms with E-state index in [1.165, 1.54) is 6.07 Å². The van der Waals surface area contributed by atoms with Gasteiger partial charge in [0.2, 0.25) is 0 Å². The highest BCUT2D eigenvalue weighted by Crippen LogP contribution is 2.25. The van der Waals surface area contributed by atoms with Crippen molar-refractivity contribution < 1.29 is 19.4 Å². The number of rotatable bonds is 5. The number of hydrogen-bond acceptors (Lipinski definition) is 5. The SMILES string of the molecule is COc1cc(C)nc(COc2cccc(N)c2C(=O)O)c1. The van der Waals surface area contributed by atoms with Gasteiger partial charge in [0.05, 0.1) is 12.8 Å². The van der Waals surface area contributed by atoms with Gasteiger partial charge in [-0.15, -0.1) is 0 Å². The molecule has 6 heteroatoms. The number of pyridine rings is 1. The van der Waals surface area contributed by atoms with Crippen molar-refractivity contribution >= 4 is 11.7 Å². The number of hydrogen-bond donors (Lipinski definition) is 2. The molecule has 0 aliphatic heterocycles. The molecule has 2 aromatic rings. The summed E-state index contributed by atoms with van der Waals surface area (Å²) in [5.74, 6) is -0.241. The van der Waals surface area contributed by atoms with Crippen LogP contribution >= 0.6 is 0 Å². The lowest BCUT2D eigenvalue weighted by Crippen LogP contribution is -2.07. The molecule has 0 spiro atoms. The molecule has 0 radical (unpaired) electrons. The first-order valence-electron chi connectivity index (χ1n) is 6.27. The zero-order valence-electron chi connectivity index (χ0n) is 11.8. The number of anilines is 1. The van der Waals surface area contributed by atoms with Crippen molar-refractivity contribution in [1.82, 2.24) is 4.98 Å². The zero-order valence-corrected chi connectivity index (χ0v) is 11.8. The molecule has 1 aromatic carbocycles. The van der Waals surface area contributed by atoms with Crippen LogP contribution in [0.4, 0.5) is 5.69 Å². The van der Waals surface area contributed by atoms with Crippen LogP contribution in [0, 0.1) is 6.92 Å². The van der Waals surface area contributed by atoms with E-state index in [1.54, 1.807) is 31.4 Å². The Morgan fingerprint density at radius 2 is 2.14 bits per heavy atom. The Kier molecular flexibility index (Phi) is 4.27. The van der Waals surface area contributed by atoms with Gasteiger partial charge in [-0.05, 0) is 19.1 Å². The van der Waals surface area contributed by atoms with Crippen molar-refractivity contribution in [3.8, 4) is 11.5 Å². The van der Waals surface area contributed by atoms with Gasteiger partial charge in [-0.3, -0.25) is 4.98 Å². The van der Waals surface area contributed by atoms with Crippen molar-refractivity contribution in [1.29, 1.82) is 0 Å². The fourth-order valence-corrected chi connectivity index (χ4v) is 1.94. The lowest BCUT2D eigenvalue weighted by atomic mass is 10.1. The molecule has 3 N–H and O–H groups in total. The Balaban J connectivity index is 2.23. The van der Waals surface area contributed by atoms with Crippen molar-refractivity contribution in [3.05, 3.63) is 47.3 Å². The summed E-state index contributed by atoms with van der Waals surface area (Å²) >= 11 is 0. The van der Waals surface area contributed by atoms with Crippen LogP contribution in [-0.2, 0) is 6.61 Å².